The van der Waals surface area contributed by atoms with Crippen molar-refractivity contribution in [3.05, 3.63) is 0 Å². The van der Waals surface area contributed by atoms with Crippen LogP contribution in [-0.2, 0) is 0 Å². The molecule has 0 atom stereocenters. The molecule has 0 aliphatic heterocycles. The fraction of sp³-hybridized carbons (Fsp3) is 0.500. The molecule has 0 amide bonds. The molecule has 0 heterocycles. The first-order chi connectivity index (χ1) is 4.72. The summed E-state index contributed by atoms with van der Waals surface area (Å²) in [6.45, 7) is 5.85. The van der Waals surface area contributed by atoms with Crippen LogP contribution in [0.2, 0.25) is 0 Å². The Morgan fingerprint density at radius 1 is 1.60 bits per heavy atom. The van der Waals surface area contributed by atoms with Crippen LogP contribution in [0, 0.1) is 18.4 Å². The van der Waals surface area contributed by atoms with E-state index in [9.17, 15) is 0 Å². The number of hydrogen-bond acceptors (Lipinski definition) is 1. The summed E-state index contributed by atoms with van der Waals surface area (Å²) in [6.07, 6.45) is 6.68. The van der Waals surface area contributed by atoms with Crippen molar-refractivity contribution < 1.29 is 0 Å². The van der Waals surface area contributed by atoms with E-state index in [1.165, 1.54) is 0 Å². The number of aliphatic imine (C=N–C) groups is 2. The summed E-state index contributed by atoms with van der Waals surface area (Å²) in [7, 11) is 0. The van der Waals surface area contributed by atoms with Gasteiger partial charge in [0.2, 0.25) is 0 Å². The average molecular weight is 136 g/mol. The molecule has 2 heteroatoms. The van der Waals surface area contributed by atoms with Gasteiger partial charge in [0, 0.05) is 18.2 Å². The Balaban J connectivity index is 4.30. The lowest BCUT2D eigenvalue weighted by atomic mass is 10.2. The van der Waals surface area contributed by atoms with Gasteiger partial charge in [-0.1, -0.05) is 20.3 Å². The second-order valence-corrected chi connectivity index (χ2v) is 2.14. The van der Waals surface area contributed by atoms with Crippen molar-refractivity contribution in [2.45, 2.75) is 20.8 Å². The predicted octanol–water partition coefficient (Wildman–Crippen LogP) is 1.72. The number of amidine groups is 1. The van der Waals surface area contributed by atoms with Crippen molar-refractivity contribution in [2.24, 2.45) is 15.9 Å². The van der Waals surface area contributed by atoms with Crippen LogP contribution in [0.5, 0.6) is 0 Å². The van der Waals surface area contributed by atoms with Crippen LogP contribution in [0.25, 0.3) is 0 Å². The normalized spacial score (nSPS) is 12.5. The molecule has 0 rings (SSSR count). The second-order valence-electron chi connectivity index (χ2n) is 2.14. The maximum Gasteiger partial charge on any atom is 0.140 e. The van der Waals surface area contributed by atoms with E-state index in [0.717, 1.165) is 0 Å². The molecule has 54 valence electrons. The maximum absolute atomic E-state index is 4.99. The van der Waals surface area contributed by atoms with E-state index in [-0.39, 0.29) is 0 Å². The summed E-state index contributed by atoms with van der Waals surface area (Å²) in [5, 5.41) is 0. The van der Waals surface area contributed by atoms with Crippen LogP contribution in [0.1, 0.15) is 20.8 Å². The van der Waals surface area contributed by atoms with Gasteiger partial charge in [0.25, 0.3) is 0 Å². The molecule has 10 heavy (non-hydrogen) atoms. The number of terminal acetylenes is 1. The highest BCUT2D eigenvalue weighted by Gasteiger charge is 1.99. The molecule has 2 nitrogen and oxygen atoms in total. The van der Waals surface area contributed by atoms with Crippen molar-refractivity contribution in [3.8, 4) is 12.5 Å². The highest BCUT2D eigenvalue weighted by Crippen LogP contribution is 1.97. The first kappa shape index (κ1) is 8.90. The topological polar surface area (TPSA) is 24.7 Å². The standard InChI is InChI=1S/C8H12N2/c1-5-9-8(7(3)4)10-6-2/h1,6-7H,2-4H3. The van der Waals surface area contributed by atoms with Crippen molar-refractivity contribution in [2.75, 3.05) is 0 Å². The van der Waals surface area contributed by atoms with E-state index in [1.54, 1.807) is 6.21 Å². The summed E-state index contributed by atoms with van der Waals surface area (Å²) >= 11 is 0. The molecule has 0 aromatic carbocycles. The molecular formula is C8H12N2. The lowest BCUT2D eigenvalue weighted by Gasteiger charge is -1.99. The van der Waals surface area contributed by atoms with Gasteiger partial charge >= 0.3 is 0 Å². The Hall–Kier alpha value is -1.10. The molecule has 0 unspecified atom stereocenters. The van der Waals surface area contributed by atoms with Crippen LogP contribution in [0.3, 0.4) is 0 Å². The van der Waals surface area contributed by atoms with E-state index in [1.807, 2.05) is 20.8 Å². The van der Waals surface area contributed by atoms with Gasteiger partial charge < -0.3 is 0 Å². The Bertz CT molecular complexity index is 182. The fourth-order valence-electron chi connectivity index (χ4n) is 0.505. The van der Waals surface area contributed by atoms with Gasteiger partial charge in [-0.15, -0.1) is 0 Å². The molecular weight excluding hydrogens is 124 g/mol. The minimum Gasteiger partial charge on any atom is -0.245 e. The van der Waals surface area contributed by atoms with E-state index < -0.39 is 0 Å². The van der Waals surface area contributed by atoms with E-state index in [0.29, 0.717) is 11.8 Å². The zero-order valence-electron chi connectivity index (χ0n) is 6.63. The predicted molar refractivity (Wildman–Crippen MR) is 45.3 cm³/mol. The molecule has 0 bridgehead atoms. The van der Waals surface area contributed by atoms with Gasteiger partial charge in [-0.2, -0.15) is 4.99 Å². The third-order valence-electron chi connectivity index (χ3n) is 0.957. The third-order valence-corrected chi connectivity index (χ3v) is 0.957. The Morgan fingerprint density at radius 3 is 2.50 bits per heavy atom. The second kappa shape index (κ2) is 4.75. The molecule has 0 fully saturated rings. The Labute approximate surface area is 62.1 Å². The fourth-order valence-corrected chi connectivity index (χ4v) is 0.505. The molecule has 0 N–H and O–H groups in total. The first-order valence-electron chi connectivity index (χ1n) is 3.24. The van der Waals surface area contributed by atoms with Gasteiger partial charge in [-0.25, -0.2) is 4.99 Å². The van der Waals surface area contributed by atoms with Crippen LogP contribution >= 0.6 is 0 Å². The van der Waals surface area contributed by atoms with Gasteiger partial charge in [0.15, 0.2) is 0 Å². The van der Waals surface area contributed by atoms with E-state index >= 15 is 0 Å². The van der Waals surface area contributed by atoms with Crippen LogP contribution in [0.15, 0.2) is 9.98 Å². The van der Waals surface area contributed by atoms with Crippen molar-refractivity contribution in [3.63, 3.8) is 0 Å². The summed E-state index contributed by atoms with van der Waals surface area (Å²) < 4.78 is 0. The molecule has 0 radical (unpaired) electrons. The number of rotatable bonds is 1. The monoisotopic (exact) mass is 136 g/mol. The zero-order valence-corrected chi connectivity index (χ0v) is 6.63. The summed E-state index contributed by atoms with van der Waals surface area (Å²) in [4.78, 5) is 7.76. The minimum absolute atomic E-state index is 0.298. The first-order valence-corrected chi connectivity index (χ1v) is 3.24. The van der Waals surface area contributed by atoms with Crippen LogP contribution in [0.4, 0.5) is 0 Å². The lowest BCUT2D eigenvalue weighted by molar-refractivity contribution is 0.874. The molecule has 0 aliphatic rings. The molecule has 0 spiro atoms. The summed E-state index contributed by atoms with van der Waals surface area (Å²) in [5.74, 6) is 1.01. The average Bonchev–Trinajstić information content (AvgIpc) is 1.87. The Morgan fingerprint density at radius 2 is 2.20 bits per heavy atom. The van der Waals surface area contributed by atoms with Gasteiger partial charge in [-0.3, -0.25) is 0 Å². The molecule has 0 saturated heterocycles. The largest absolute Gasteiger partial charge is 0.245 e. The maximum atomic E-state index is 4.99. The van der Waals surface area contributed by atoms with Gasteiger partial charge in [0.05, 0.1) is 0 Å². The molecule has 0 aliphatic carbocycles. The molecule has 0 saturated carbocycles. The number of hydrogen-bond donors (Lipinski definition) is 0. The molecule has 0 aromatic rings. The highest BCUT2D eigenvalue weighted by atomic mass is 14.9. The van der Waals surface area contributed by atoms with Crippen molar-refractivity contribution >= 4 is 12.1 Å². The van der Waals surface area contributed by atoms with Crippen molar-refractivity contribution in [1.29, 1.82) is 0 Å². The van der Waals surface area contributed by atoms with Crippen LogP contribution in [-0.4, -0.2) is 12.1 Å². The SMILES string of the molecule is C#CN=C(N=CC)C(C)C. The van der Waals surface area contributed by atoms with E-state index in [2.05, 4.69) is 16.0 Å². The summed E-state index contributed by atoms with van der Waals surface area (Å²) in [5.41, 5.74) is 0. The highest BCUT2D eigenvalue weighted by molar-refractivity contribution is 5.91. The Kier molecular flexibility index (Phi) is 4.23. The van der Waals surface area contributed by atoms with Crippen molar-refractivity contribution in [1.82, 2.24) is 0 Å². The third kappa shape index (κ3) is 3.03. The smallest absolute Gasteiger partial charge is 0.140 e. The quantitative estimate of drug-likeness (QED) is 0.298. The number of nitrogens with zero attached hydrogens (tertiary/aromatic N) is 2. The van der Waals surface area contributed by atoms with Gasteiger partial charge in [0.1, 0.15) is 5.84 Å². The minimum atomic E-state index is 0.298. The summed E-state index contributed by atoms with van der Waals surface area (Å²) in [6, 6.07) is 2.21. The van der Waals surface area contributed by atoms with Gasteiger partial charge in [-0.05, 0) is 6.92 Å². The van der Waals surface area contributed by atoms with E-state index in [4.69, 9.17) is 6.42 Å². The lowest BCUT2D eigenvalue weighted by Crippen LogP contribution is -2.03. The van der Waals surface area contributed by atoms with Crippen LogP contribution < -0.4 is 0 Å². The zero-order chi connectivity index (χ0) is 7.98. The molecule has 0 aromatic heterocycles.